The Balaban J connectivity index is 2.18. The highest BCUT2D eigenvalue weighted by Gasteiger charge is 2.27. The minimum Gasteiger partial charge on any atom is -0.393 e. The van der Waals surface area contributed by atoms with Crippen LogP contribution in [0.25, 0.3) is 0 Å². The van der Waals surface area contributed by atoms with Crippen molar-refractivity contribution >= 4 is 26.0 Å². The Morgan fingerprint density at radius 1 is 1.50 bits per heavy atom. The molecular formula is C6H12BrNO3S. The molecule has 0 radical (unpaired) electrons. The Hall–Kier alpha value is 0.350. The first-order chi connectivity index (χ1) is 5.53. The van der Waals surface area contributed by atoms with E-state index in [0.717, 1.165) is 0 Å². The van der Waals surface area contributed by atoms with Gasteiger partial charge < -0.3 is 5.11 Å². The molecule has 0 amide bonds. The van der Waals surface area contributed by atoms with Gasteiger partial charge in [0, 0.05) is 6.54 Å². The van der Waals surface area contributed by atoms with Crippen LogP contribution < -0.4 is 4.72 Å². The van der Waals surface area contributed by atoms with Gasteiger partial charge >= 0.3 is 0 Å². The summed E-state index contributed by atoms with van der Waals surface area (Å²) in [5, 5.41) is 8.92. The molecular weight excluding hydrogens is 246 g/mol. The lowest BCUT2D eigenvalue weighted by Gasteiger charge is -2.31. The number of rotatable bonds is 4. The molecule has 1 saturated carbocycles. The van der Waals surface area contributed by atoms with Gasteiger partial charge in [-0.25, -0.2) is 13.1 Å². The van der Waals surface area contributed by atoms with Crippen LogP contribution in [0.5, 0.6) is 0 Å². The molecule has 72 valence electrons. The maximum absolute atomic E-state index is 10.9. The average molecular weight is 258 g/mol. The lowest BCUT2D eigenvalue weighted by Crippen LogP contribution is -2.38. The number of hydrogen-bond acceptors (Lipinski definition) is 3. The molecule has 0 bridgehead atoms. The normalized spacial score (nSPS) is 29.8. The number of aliphatic hydroxyl groups excluding tert-OH is 1. The highest BCUT2D eigenvalue weighted by molar-refractivity contribution is 9.10. The third kappa shape index (κ3) is 3.01. The summed E-state index contributed by atoms with van der Waals surface area (Å²) in [5.74, 6) is 0.314. The molecule has 1 rings (SSSR count). The highest BCUT2D eigenvalue weighted by Crippen LogP contribution is 2.26. The summed E-state index contributed by atoms with van der Waals surface area (Å²) in [7, 11) is -3.12. The molecule has 0 atom stereocenters. The van der Waals surface area contributed by atoms with Crippen molar-refractivity contribution in [3.8, 4) is 0 Å². The Morgan fingerprint density at radius 3 is 2.50 bits per heavy atom. The molecule has 1 aliphatic rings. The molecule has 1 aliphatic carbocycles. The van der Waals surface area contributed by atoms with Gasteiger partial charge in [0.15, 0.2) is 0 Å². The Labute approximate surface area is 80.5 Å². The molecule has 2 N–H and O–H groups in total. The number of nitrogens with one attached hydrogen (secondary N) is 1. The molecule has 0 saturated heterocycles. The summed E-state index contributed by atoms with van der Waals surface area (Å²) in [6.45, 7) is 0.449. The van der Waals surface area contributed by atoms with Gasteiger partial charge in [-0.2, -0.15) is 0 Å². The van der Waals surface area contributed by atoms with E-state index >= 15 is 0 Å². The van der Waals surface area contributed by atoms with Gasteiger partial charge in [0.05, 0.1) is 6.10 Å². The Bertz CT molecular complexity index is 235. The molecule has 0 heterocycles. The van der Waals surface area contributed by atoms with E-state index in [-0.39, 0.29) is 10.8 Å². The van der Waals surface area contributed by atoms with Crippen molar-refractivity contribution in [3.63, 3.8) is 0 Å². The predicted octanol–water partition coefficient (Wildman–Crippen LogP) is 0.0291. The van der Waals surface area contributed by atoms with Gasteiger partial charge in [-0.15, -0.1) is 0 Å². The fourth-order valence-electron chi connectivity index (χ4n) is 1.15. The van der Waals surface area contributed by atoms with Crippen LogP contribution in [0.3, 0.4) is 0 Å². The number of aliphatic hydroxyl groups is 1. The van der Waals surface area contributed by atoms with Crippen LogP contribution in [-0.2, 0) is 10.0 Å². The minimum atomic E-state index is -3.12. The first-order valence-corrected chi connectivity index (χ1v) is 6.52. The second-order valence-electron chi connectivity index (χ2n) is 3.06. The van der Waals surface area contributed by atoms with Gasteiger partial charge in [-0.3, -0.25) is 0 Å². The average Bonchev–Trinajstić information content (AvgIpc) is 1.96. The smallest absolute Gasteiger partial charge is 0.221 e. The van der Waals surface area contributed by atoms with E-state index in [2.05, 4.69) is 20.7 Å². The van der Waals surface area contributed by atoms with E-state index in [1.165, 1.54) is 0 Å². The van der Waals surface area contributed by atoms with E-state index in [1.807, 2.05) is 0 Å². The van der Waals surface area contributed by atoms with Crippen LogP contribution in [0.1, 0.15) is 12.8 Å². The summed E-state index contributed by atoms with van der Waals surface area (Å²) in [6, 6.07) is 0. The quantitative estimate of drug-likeness (QED) is 0.699. The molecule has 0 aromatic heterocycles. The number of hydrogen-bond donors (Lipinski definition) is 2. The number of halogens is 1. The Morgan fingerprint density at radius 2 is 2.08 bits per heavy atom. The van der Waals surface area contributed by atoms with E-state index in [4.69, 9.17) is 5.11 Å². The van der Waals surface area contributed by atoms with Crippen LogP contribution in [0.4, 0.5) is 0 Å². The Kier molecular flexibility index (Phi) is 3.51. The maximum atomic E-state index is 10.9. The monoisotopic (exact) mass is 257 g/mol. The lowest BCUT2D eigenvalue weighted by atomic mass is 9.83. The van der Waals surface area contributed by atoms with Gasteiger partial charge in [0.1, 0.15) is 4.66 Å². The summed E-state index contributed by atoms with van der Waals surface area (Å²) in [4.78, 5) is 0. The topological polar surface area (TPSA) is 66.4 Å². The van der Waals surface area contributed by atoms with Crippen molar-refractivity contribution in [3.05, 3.63) is 0 Å². The van der Waals surface area contributed by atoms with Crippen molar-refractivity contribution in [2.45, 2.75) is 18.9 Å². The second kappa shape index (κ2) is 4.04. The van der Waals surface area contributed by atoms with Gasteiger partial charge in [-0.05, 0) is 18.8 Å². The van der Waals surface area contributed by atoms with E-state index in [9.17, 15) is 8.42 Å². The molecule has 1 fully saturated rings. The van der Waals surface area contributed by atoms with Crippen molar-refractivity contribution < 1.29 is 13.5 Å². The van der Waals surface area contributed by atoms with E-state index in [1.54, 1.807) is 0 Å². The summed E-state index contributed by atoms with van der Waals surface area (Å²) in [6.07, 6.45) is 1.21. The summed E-state index contributed by atoms with van der Waals surface area (Å²) in [5.41, 5.74) is 0. The minimum absolute atomic E-state index is 0.0602. The van der Waals surface area contributed by atoms with Crippen molar-refractivity contribution in [1.29, 1.82) is 0 Å². The van der Waals surface area contributed by atoms with Crippen LogP contribution in [-0.4, -0.2) is 30.8 Å². The van der Waals surface area contributed by atoms with Crippen LogP contribution >= 0.6 is 15.9 Å². The van der Waals surface area contributed by atoms with Crippen molar-refractivity contribution in [2.24, 2.45) is 5.92 Å². The highest BCUT2D eigenvalue weighted by atomic mass is 79.9. The standard InChI is InChI=1S/C6H12BrNO3S/c7-4-12(10,11)8-3-5-1-6(9)2-5/h5-6,8-9H,1-4H2. The third-order valence-corrected chi connectivity index (χ3v) is 4.65. The zero-order valence-electron chi connectivity index (χ0n) is 6.53. The number of sulfonamides is 1. The zero-order valence-corrected chi connectivity index (χ0v) is 8.94. The molecule has 0 aromatic carbocycles. The predicted molar refractivity (Wildman–Crippen MR) is 49.4 cm³/mol. The molecule has 4 nitrogen and oxygen atoms in total. The van der Waals surface area contributed by atoms with E-state index in [0.29, 0.717) is 25.3 Å². The fourth-order valence-corrected chi connectivity index (χ4v) is 2.20. The van der Waals surface area contributed by atoms with Crippen LogP contribution in [0.15, 0.2) is 0 Å². The van der Waals surface area contributed by atoms with Crippen LogP contribution in [0, 0.1) is 5.92 Å². The molecule has 0 aromatic rings. The third-order valence-electron chi connectivity index (χ3n) is 1.95. The molecule has 6 heteroatoms. The molecule has 0 unspecified atom stereocenters. The van der Waals surface area contributed by atoms with Gasteiger partial charge in [-0.1, -0.05) is 15.9 Å². The maximum Gasteiger partial charge on any atom is 0.221 e. The first kappa shape index (κ1) is 10.4. The SMILES string of the molecule is O=S(=O)(CBr)NCC1CC(O)C1. The molecule has 0 spiro atoms. The first-order valence-electron chi connectivity index (χ1n) is 3.75. The van der Waals surface area contributed by atoms with Crippen LogP contribution in [0.2, 0.25) is 0 Å². The lowest BCUT2D eigenvalue weighted by molar-refractivity contribution is 0.0453. The van der Waals surface area contributed by atoms with Crippen molar-refractivity contribution in [1.82, 2.24) is 4.72 Å². The van der Waals surface area contributed by atoms with E-state index < -0.39 is 10.0 Å². The fraction of sp³-hybridized carbons (Fsp3) is 1.00. The zero-order chi connectivity index (χ0) is 9.19. The molecule has 0 aliphatic heterocycles. The van der Waals surface area contributed by atoms with Crippen molar-refractivity contribution in [2.75, 3.05) is 11.2 Å². The summed E-state index contributed by atoms with van der Waals surface area (Å²) >= 11 is 2.87. The number of alkyl halides is 1. The largest absolute Gasteiger partial charge is 0.393 e. The molecule has 12 heavy (non-hydrogen) atoms. The van der Waals surface area contributed by atoms with Gasteiger partial charge in [0.2, 0.25) is 10.0 Å². The second-order valence-corrected chi connectivity index (χ2v) is 6.17. The van der Waals surface area contributed by atoms with Gasteiger partial charge in [0.25, 0.3) is 0 Å². The summed E-state index contributed by atoms with van der Waals surface area (Å²) < 4.78 is 24.2.